The SMILES string of the molecule is Cc1ccc(C2OC2(C)C(=O)OC2CCCCC2)cc1. The van der Waals surface area contributed by atoms with Gasteiger partial charge in [-0.15, -0.1) is 0 Å². The number of carbonyl (C=O) groups excluding carboxylic acids is 1. The molecule has 1 aromatic carbocycles. The van der Waals surface area contributed by atoms with Crippen LogP contribution in [0.1, 0.15) is 56.3 Å². The van der Waals surface area contributed by atoms with Crippen LogP contribution in [0.2, 0.25) is 0 Å². The molecule has 1 heterocycles. The maximum absolute atomic E-state index is 12.3. The third-order valence-corrected chi connectivity index (χ3v) is 4.42. The first-order chi connectivity index (χ1) is 9.59. The number of ether oxygens (including phenoxy) is 2. The van der Waals surface area contributed by atoms with Crippen molar-refractivity contribution in [2.24, 2.45) is 0 Å². The summed E-state index contributed by atoms with van der Waals surface area (Å²) >= 11 is 0. The molecule has 1 saturated heterocycles. The molecule has 2 aliphatic rings. The van der Waals surface area contributed by atoms with Gasteiger partial charge in [0.2, 0.25) is 0 Å². The highest BCUT2D eigenvalue weighted by Crippen LogP contribution is 2.50. The molecule has 1 aromatic rings. The van der Waals surface area contributed by atoms with Crippen molar-refractivity contribution in [3.05, 3.63) is 35.4 Å². The average Bonchev–Trinajstić information content (AvgIpc) is 3.14. The quantitative estimate of drug-likeness (QED) is 0.623. The molecule has 20 heavy (non-hydrogen) atoms. The van der Waals surface area contributed by atoms with Crippen molar-refractivity contribution in [3.63, 3.8) is 0 Å². The number of hydrogen-bond donors (Lipinski definition) is 0. The normalized spacial score (nSPS) is 30.0. The van der Waals surface area contributed by atoms with Crippen LogP contribution in [-0.4, -0.2) is 17.7 Å². The number of rotatable bonds is 3. The smallest absolute Gasteiger partial charge is 0.341 e. The molecule has 3 nitrogen and oxygen atoms in total. The van der Waals surface area contributed by atoms with E-state index in [0.717, 1.165) is 31.2 Å². The summed E-state index contributed by atoms with van der Waals surface area (Å²) in [4.78, 5) is 12.3. The Kier molecular flexibility index (Phi) is 3.55. The van der Waals surface area contributed by atoms with Crippen molar-refractivity contribution < 1.29 is 14.3 Å². The molecule has 1 saturated carbocycles. The third kappa shape index (κ3) is 2.59. The number of aryl methyl sites for hydroxylation is 1. The number of benzene rings is 1. The Balaban J connectivity index is 1.62. The van der Waals surface area contributed by atoms with Gasteiger partial charge in [0.15, 0.2) is 5.60 Å². The highest BCUT2D eigenvalue weighted by Gasteiger charge is 2.61. The van der Waals surface area contributed by atoms with Gasteiger partial charge in [0.1, 0.15) is 12.2 Å². The van der Waals surface area contributed by atoms with Crippen molar-refractivity contribution in [2.75, 3.05) is 0 Å². The minimum Gasteiger partial charge on any atom is -0.460 e. The summed E-state index contributed by atoms with van der Waals surface area (Å²) in [6.07, 6.45) is 5.52. The fourth-order valence-corrected chi connectivity index (χ4v) is 2.94. The lowest BCUT2D eigenvalue weighted by Crippen LogP contribution is -2.30. The molecule has 1 aliphatic carbocycles. The zero-order chi connectivity index (χ0) is 14.2. The molecule has 3 rings (SSSR count). The molecule has 0 spiro atoms. The summed E-state index contributed by atoms with van der Waals surface area (Å²) in [5.41, 5.74) is 1.48. The van der Waals surface area contributed by atoms with E-state index >= 15 is 0 Å². The second-order valence-corrected chi connectivity index (χ2v) is 6.18. The van der Waals surface area contributed by atoms with Crippen LogP contribution >= 0.6 is 0 Å². The lowest BCUT2D eigenvalue weighted by atomic mass is 9.97. The van der Waals surface area contributed by atoms with Gasteiger partial charge in [-0.2, -0.15) is 0 Å². The predicted octanol–water partition coefficient (Wildman–Crippen LogP) is 3.70. The van der Waals surface area contributed by atoms with Gasteiger partial charge in [-0.1, -0.05) is 36.2 Å². The van der Waals surface area contributed by atoms with Gasteiger partial charge in [0.25, 0.3) is 0 Å². The lowest BCUT2D eigenvalue weighted by Gasteiger charge is -2.22. The van der Waals surface area contributed by atoms with Gasteiger partial charge in [-0.05, 0) is 45.1 Å². The van der Waals surface area contributed by atoms with Gasteiger partial charge < -0.3 is 9.47 Å². The average molecular weight is 274 g/mol. The van der Waals surface area contributed by atoms with E-state index < -0.39 is 5.60 Å². The molecule has 2 fully saturated rings. The van der Waals surface area contributed by atoms with Crippen molar-refractivity contribution in [2.45, 2.75) is 63.8 Å². The first-order valence-corrected chi connectivity index (χ1v) is 7.55. The lowest BCUT2D eigenvalue weighted by molar-refractivity contribution is -0.156. The number of epoxide rings is 1. The molecular weight excluding hydrogens is 252 g/mol. The second-order valence-electron chi connectivity index (χ2n) is 6.18. The molecule has 1 aliphatic heterocycles. The van der Waals surface area contributed by atoms with Crippen LogP contribution in [0.25, 0.3) is 0 Å². The maximum atomic E-state index is 12.3. The fraction of sp³-hybridized carbons (Fsp3) is 0.588. The van der Waals surface area contributed by atoms with E-state index in [1.165, 1.54) is 12.0 Å². The summed E-state index contributed by atoms with van der Waals surface area (Å²) in [5.74, 6) is -0.199. The highest BCUT2D eigenvalue weighted by atomic mass is 16.7. The van der Waals surface area contributed by atoms with Crippen molar-refractivity contribution in [3.8, 4) is 0 Å². The third-order valence-electron chi connectivity index (χ3n) is 4.42. The van der Waals surface area contributed by atoms with Crippen LogP contribution < -0.4 is 0 Å². The van der Waals surface area contributed by atoms with Crippen LogP contribution in [0.5, 0.6) is 0 Å². The molecule has 2 atom stereocenters. The van der Waals surface area contributed by atoms with E-state index in [-0.39, 0.29) is 18.2 Å². The Morgan fingerprint density at radius 2 is 1.85 bits per heavy atom. The molecular formula is C17H22O3. The highest BCUT2D eigenvalue weighted by molar-refractivity contribution is 5.83. The molecule has 0 bridgehead atoms. The van der Waals surface area contributed by atoms with Crippen molar-refractivity contribution in [1.82, 2.24) is 0 Å². The topological polar surface area (TPSA) is 38.8 Å². The van der Waals surface area contributed by atoms with Crippen LogP contribution in [0.15, 0.2) is 24.3 Å². The Morgan fingerprint density at radius 3 is 2.50 bits per heavy atom. The second kappa shape index (κ2) is 5.21. The van der Waals surface area contributed by atoms with E-state index in [9.17, 15) is 4.79 Å². The molecule has 2 unspecified atom stereocenters. The van der Waals surface area contributed by atoms with Gasteiger partial charge in [0.05, 0.1) is 0 Å². The summed E-state index contributed by atoms with van der Waals surface area (Å²) in [5, 5.41) is 0. The molecule has 3 heteroatoms. The van der Waals surface area contributed by atoms with E-state index in [1.54, 1.807) is 0 Å². The Labute approximate surface area is 120 Å². The zero-order valence-corrected chi connectivity index (χ0v) is 12.2. The molecule has 0 amide bonds. The molecule has 0 radical (unpaired) electrons. The van der Waals surface area contributed by atoms with Gasteiger partial charge in [-0.25, -0.2) is 4.79 Å². The Hall–Kier alpha value is -1.35. The fourth-order valence-electron chi connectivity index (χ4n) is 2.94. The van der Waals surface area contributed by atoms with Crippen molar-refractivity contribution >= 4 is 5.97 Å². The minimum atomic E-state index is -0.785. The van der Waals surface area contributed by atoms with E-state index in [2.05, 4.69) is 0 Å². The summed E-state index contributed by atoms with van der Waals surface area (Å²) in [7, 11) is 0. The monoisotopic (exact) mass is 274 g/mol. The zero-order valence-electron chi connectivity index (χ0n) is 12.2. The predicted molar refractivity (Wildman–Crippen MR) is 76.4 cm³/mol. The van der Waals surface area contributed by atoms with Crippen LogP contribution in [-0.2, 0) is 14.3 Å². The molecule has 0 aromatic heterocycles. The number of carbonyl (C=O) groups is 1. The van der Waals surface area contributed by atoms with Crippen LogP contribution in [0.4, 0.5) is 0 Å². The van der Waals surface area contributed by atoms with E-state index in [4.69, 9.17) is 9.47 Å². The van der Waals surface area contributed by atoms with Crippen LogP contribution in [0.3, 0.4) is 0 Å². The molecule has 0 N–H and O–H groups in total. The van der Waals surface area contributed by atoms with Crippen molar-refractivity contribution in [1.29, 1.82) is 0 Å². The molecule has 108 valence electrons. The number of esters is 1. The first kappa shape index (κ1) is 13.6. The van der Waals surface area contributed by atoms with E-state index in [0.29, 0.717) is 0 Å². The Morgan fingerprint density at radius 1 is 1.20 bits per heavy atom. The van der Waals surface area contributed by atoms with Crippen LogP contribution in [0, 0.1) is 6.92 Å². The maximum Gasteiger partial charge on any atom is 0.341 e. The summed E-state index contributed by atoms with van der Waals surface area (Å²) in [6.45, 7) is 3.89. The minimum absolute atomic E-state index is 0.0935. The Bertz CT molecular complexity index is 487. The van der Waals surface area contributed by atoms with E-state index in [1.807, 2.05) is 38.1 Å². The first-order valence-electron chi connectivity index (χ1n) is 7.55. The summed E-state index contributed by atoms with van der Waals surface area (Å²) < 4.78 is 11.3. The standard InChI is InChI=1S/C17H22O3/c1-12-8-10-13(11-9-12)15-17(2,20-15)16(18)19-14-6-4-3-5-7-14/h8-11,14-15H,3-7H2,1-2H3. The van der Waals surface area contributed by atoms with Gasteiger partial charge in [0, 0.05) is 0 Å². The number of hydrogen-bond acceptors (Lipinski definition) is 3. The summed E-state index contributed by atoms with van der Waals surface area (Å²) in [6, 6.07) is 8.14. The van der Waals surface area contributed by atoms with Gasteiger partial charge in [-0.3, -0.25) is 0 Å². The van der Waals surface area contributed by atoms with Gasteiger partial charge >= 0.3 is 5.97 Å². The largest absolute Gasteiger partial charge is 0.460 e.